The molecule has 0 bridgehead atoms. The minimum Gasteiger partial charge on any atom is -0.466 e. The number of nitrogens with zero attached hydrogens (tertiary/aromatic N) is 2. The highest BCUT2D eigenvalue weighted by Crippen LogP contribution is 2.28. The zero-order valence-corrected chi connectivity index (χ0v) is 13.3. The number of aryl methyl sites for hydroxylation is 2. The number of aromatic nitrogens is 2. The number of esters is 1. The summed E-state index contributed by atoms with van der Waals surface area (Å²) in [5.74, 6) is 1.38. The molecule has 0 aromatic carbocycles. The van der Waals surface area contributed by atoms with Crippen molar-refractivity contribution in [3.63, 3.8) is 0 Å². The average molecular weight is 312 g/mol. The fourth-order valence-corrected chi connectivity index (χ4v) is 3.64. The van der Waals surface area contributed by atoms with Crippen LogP contribution in [-0.4, -0.2) is 22.7 Å². The van der Waals surface area contributed by atoms with Gasteiger partial charge < -0.3 is 9.26 Å². The van der Waals surface area contributed by atoms with E-state index in [1.807, 2.05) is 19.2 Å². The number of rotatable bonds is 6. The highest BCUT2D eigenvalue weighted by atomic mass is 32.2. The molecule has 20 heavy (non-hydrogen) atoms. The van der Waals surface area contributed by atoms with E-state index in [0.29, 0.717) is 6.61 Å². The molecule has 0 aliphatic heterocycles. The maximum absolute atomic E-state index is 11.4. The molecule has 7 heteroatoms. The standard InChI is InChI=1S/C13H16N2O3S2/c1-4-17-12(16)5-10-6-19-13(14-10)20-7-11-8(2)15-18-9(11)3/h6H,4-5,7H2,1-3H3. The Morgan fingerprint density at radius 1 is 1.50 bits per heavy atom. The van der Waals surface area contributed by atoms with Crippen molar-refractivity contribution in [1.82, 2.24) is 10.1 Å². The number of hydrogen-bond acceptors (Lipinski definition) is 7. The number of carbonyl (C=O) groups is 1. The van der Waals surface area contributed by atoms with E-state index in [1.165, 1.54) is 11.3 Å². The summed E-state index contributed by atoms with van der Waals surface area (Å²) >= 11 is 3.16. The monoisotopic (exact) mass is 312 g/mol. The van der Waals surface area contributed by atoms with Crippen molar-refractivity contribution in [3.05, 3.63) is 28.1 Å². The van der Waals surface area contributed by atoms with Crippen molar-refractivity contribution < 1.29 is 14.1 Å². The Kier molecular flexibility index (Phi) is 5.19. The molecule has 2 heterocycles. The van der Waals surface area contributed by atoms with Crippen LogP contribution >= 0.6 is 23.1 Å². The fourth-order valence-electron chi connectivity index (χ4n) is 1.64. The van der Waals surface area contributed by atoms with Gasteiger partial charge in [0.05, 0.1) is 24.4 Å². The first-order valence-corrected chi connectivity index (χ1v) is 8.11. The molecule has 0 N–H and O–H groups in total. The lowest BCUT2D eigenvalue weighted by Gasteiger charge is -1.98. The molecule has 0 atom stereocenters. The molecule has 2 aromatic rings. The molecule has 0 amide bonds. The predicted octanol–water partition coefficient (Wildman–Crippen LogP) is 3.15. The van der Waals surface area contributed by atoms with Gasteiger partial charge in [-0.15, -0.1) is 11.3 Å². The van der Waals surface area contributed by atoms with Crippen LogP contribution in [0.25, 0.3) is 0 Å². The van der Waals surface area contributed by atoms with Crippen LogP contribution in [0.4, 0.5) is 0 Å². The molecular weight excluding hydrogens is 296 g/mol. The predicted molar refractivity (Wildman–Crippen MR) is 78.0 cm³/mol. The van der Waals surface area contributed by atoms with E-state index in [0.717, 1.165) is 32.8 Å². The zero-order chi connectivity index (χ0) is 14.5. The van der Waals surface area contributed by atoms with E-state index in [-0.39, 0.29) is 12.4 Å². The molecular formula is C13H16N2O3S2. The number of thioether (sulfide) groups is 1. The normalized spacial score (nSPS) is 10.8. The molecule has 0 fully saturated rings. The van der Waals surface area contributed by atoms with Crippen LogP contribution in [0.15, 0.2) is 14.2 Å². The SMILES string of the molecule is CCOC(=O)Cc1csc(SCc2c(C)noc2C)n1. The van der Waals surface area contributed by atoms with Gasteiger partial charge in [-0.3, -0.25) is 4.79 Å². The van der Waals surface area contributed by atoms with Gasteiger partial charge in [-0.2, -0.15) is 0 Å². The molecule has 2 aromatic heterocycles. The maximum Gasteiger partial charge on any atom is 0.311 e. The number of carbonyl (C=O) groups excluding carboxylic acids is 1. The van der Waals surface area contributed by atoms with Crippen LogP contribution < -0.4 is 0 Å². The van der Waals surface area contributed by atoms with Crippen LogP contribution in [-0.2, 0) is 21.7 Å². The molecule has 0 aliphatic rings. The van der Waals surface area contributed by atoms with Crippen LogP contribution in [0.5, 0.6) is 0 Å². The first-order valence-electron chi connectivity index (χ1n) is 6.24. The van der Waals surface area contributed by atoms with E-state index in [1.54, 1.807) is 18.7 Å². The van der Waals surface area contributed by atoms with Gasteiger partial charge in [0.1, 0.15) is 10.1 Å². The van der Waals surface area contributed by atoms with E-state index in [9.17, 15) is 4.79 Å². The van der Waals surface area contributed by atoms with Crippen LogP contribution in [0, 0.1) is 13.8 Å². The van der Waals surface area contributed by atoms with Gasteiger partial charge in [0.25, 0.3) is 0 Å². The third-order valence-corrected chi connectivity index (χ3v) is 4.78. The second-order valence-electron chi connectivity index (χ2n) is 4.18. The summed E-state index contributed by atoms with van der Waals surface area (Å²) in [6.07, 6.45) is 0.232. The minimum atomic E-state index is -0.236. The van der Waals surface area contributed by atoms with Crippen LogP contribution in [0.2, 0.25) is 0 Å². The quantitative estimate of drug-likeness (QED) is 0.603. The Morgan fingerprint density at radius 3 is 2.95 bits per heavy atom. The third kappa shape index (κ3) is 3.83. The van der Waals surface area contributed by atoms with Crippen molar-refractivity contribution in [2.45, 2.75) is 37.3 Å². The lowest BCUT2D eigenvalue weighted by atomic mass is 10.2. The van der Waals surface area contributed by atoms with Gasteiger partial charge in [0.15, 0.2) is 0 Å². The van der Waals surface area contributed by atoms with Gasteiger partial charge in [0.2, 0.25) is 0 Å². The van der Waals surface area contributed by atoms with Crippen molar-refractivity contribution in [1.29, 1.82) is 0 Å². The summed E-state index contributed by atoms with van der Waals surface area (Å²) in [4.78, 5) is 15.8. The minimum absolute atomic E-state index is 0.232. The molecule has 2 rings (SSSR count). The van der Waals surface area contributed by atoms with Crippen molar-refractivity contribution in [3.8, 4) is 0 Å². The first kappa shape index (κ1) is 15.1. The van der Waals surface area contributed by atoms with Gasteiger partial charge in [0, 0.05) is 16.7 Å². The lowest BCUT2D eigenvalue weighted by molar-refractivity contribution is -0.142. The van der Waals surface area contributed by atoms with Gasteiger partial charge >= 0.3 is 5.97 Å². The largest absolute Gasteiger partial charge is 0.466 e. The van der Waals surface area contributed by atoms with Crippen molar-refractivity contribution >= 4 is 29.1 Å². The smallest absolute Gasteiger partial charge is 0.311 e. The van der Waals surface area contributed by atoms with E-state index in [4.69, 9.17) is 9.26 Å². The molecule has 0 saturated carbocycles. The number of hydrogen-bond donors (Lipinski definition) is 0. The fraction of sp³-hybridized carbons (Fsp3) is 0.462. The molecule has 108 valence electrons. The Hall–Kier alpha value is -1.34. The van der Waals surface area contributed by atoms with Gasteiger partial charge in [-0.25, -0.2) is 4.98 Å². The Balaban J connectivity index is 1.91. The summed E-state index contributed by atoms with van der Waals surface area (Å²) < 4.78 is 11.0. The topological polar surface area (TPSA) is 65.2 Å². The summed E-state index contributed by atoms with van der Waals surface area (Å²) in [6, 6.07) is 0. The molecule has 5 nitrogen and oxygen atoms in total. The highest BCUT2D eigenvalue weighted by molar-refractivity contribution is 8.00. The van der Waals surface area contributed by atoms with Crippen LogP contribution in [0.1, 0.15) is 29.6 Å². The van der Waals surface area contributed by atoms with Crippen molar-refractivity contribution in [2.24, 2.45) is 0 Å². The number of thiazole rings is 1. The Morgan fingerprint density at radius 2 is 2.30 bits per heavy atom. The zero-order valence-electron chi connectivity index (χ0n) is 11.6. The molecule has 0 unspecified atom stereocenters. The van der Waals surface area contributed by atoms with E-state index in [2.05, 4.69) is 10.1 Å². The number of ether oxygens (including phenoxy) is 1. The van der Waals surface area contributed by atoms with Gasteiger partial charge in [-0.05, 0) is 20.8 Å². The maximum atomic E-state index is 11.4. The highest BCUT2D eigenvalue weighted by Gasteiger charge is 2.12. The Bertz CT molecular complexity index is 573. The third-order valence-electron chi connectivity index (χ3n) is 2.68. The second kappa shape index (κ2) is 6.90. The summed E-state index contributed by atoms with van der Waals surface area (Å²) in [5, 5.41) is 5.82. The summed E-state index contributed by atoms with van der Waals surface area (Å²) in [7, 11) is 0. The van der Waals surface area contributed by atoms with Crippen molar-refractivity contribution in [2.75, 3.05) is 6.61 Å². The first-order chi connectivity index (χ1) is 9.60. The molecule has 0 saturated heterocycles. The van der Waals surface area contributed by atoms with Gasteiger partial charge in [-0.1, -0.05) is 16.9 Å². The molecule has 0 aliphatic carbocycles. The van der Waals surface area contributed by atoms with E-state index >= 15 is 0 Å². The average Bonchev–Trinajstić information content (AvgIpc) is 2.96. The Labute approximate surface area is 125 Å². The summed E-state index contributed by atoms with van der Waals surface area (Å²) in [5.41, 5.74) is 2.78. The molecule has 0 spiro atoms. The lowest BCUT2D eigenvalue weighted by Crippen LogP contribution is -2.07. The summed E-state index contributed by atoms with van der Waals surface area (Å²) in [6.45, 7) is 6.03. The van der Waals surface area contributed by atoms with E-state index < -0.39 is 0 Å². The molecule has 0 radical (unpaired) electrons. The van der Waals surface area contributed by atoms with Crippen LogP contribution in [0.3, 0.4) is 0 Å². The second-order valence-corrected chi connectivity index (χ2v) is 6.26.